The fourth-order valence-electron chi connectivity index (χ4n) is 4.33. The molecule has 0 atom stereocenters. The first kappa shape index (κ1) is 22.7. The van der Waals surface area contributed by atoms with Crippen LogP contribution in [0, 0.1) is 0 Å². The third kappa shape index (κ3) is 5.81. The molecule has 0 saturated carbocycles. The lowest BCUT2D eigenvalue weighted by molar-refractivity contribution is -0.355. The number of benzene rings is 3. The quantitative estimate of drug-likeness (QED) is 0.169. The molecule has 3 nitrogen and oxygen atoms in total. The molecule has 0 amide bonds. The maximum Gasteiger partial charge on any atom is 0.282 e. The van der Waals surface area contributed by atoms with Crippen LogP contribution in [0.25, 0.3) is 21.5 Å². The van der Waals surface area contributed by atoms with Gasteiger partial charge in [-0.3, -0.25) is 0 Å². The number of ether oxygens (including phenoxy) is 3. The zero-order chi connectivity index (χ0) is 21.2. The van der Waals surface area contributed by atoms with Crippen molar-refractivity contribution in [2.75, 3.05) is 21.3 Å². The van der Waals surface area contributed by atoms with Gasteiger partial charge in [-0.1, -0.05) is 86.7 Å². The molecule has 0 saturated heterocycles. The highest BCUT2D eigenvalue weighted by Crippen LogP contribution is 2.27. The smallest absolute Gasteiger partial charge is 0.282 e. The van der Waals surface area contributed by atoms with Crippen LogP contribution in [0.15, 0.2) is 54.6 Å². The van der Waals surface area contributed by atoms with Gasteiger partial charge in [0.25, 0.3) is 5.97 Å². The molecule has 0 aliphatic carbocycles. The second kappa shape index (κ2) is 11.5. The fraction of sp³-hybridized carbons (Fsp3) is 0.481. The van der Waals surface area contributed by atoms with Gasteiger partial charge in [-0.25, -0.2) is 0 Å². The standard InChI is InChI=1S/C27H36O3/c1-28-27(29-2,30-3)20-12-8-6-4-5-7-9-13-22-16-19-26-24(21-22)18-17-23-14-10-11-15-25(23)26/h10-11,14-19,21H,4-9,12-13,20H2,1-3H3. The summed E-state index contributed by atoms with van der Waals surface area (Å²) in [6.07, 6.45) is 10.6. The molecule has 0 heterocycles. The minimum atomic E-state index is -0.869. The zero-order valence-corrected chi connectivity index (χ0v) is 18.8. The highest BCUT2D eigenvalue weighted by atomic mass is 16.9. The van der Waals surface area contributed by atoms with E-state index in [4.69, 9.17) is 14.2 Å². The van der Waals surface area contributed by atoms with E-state index in [9.17, 15) is 0 Å². The second-order valence-corrected chi connectivity index (χ2v) is 8.11. The normalized spacial score (nSPS) is 12.1. The minimum Gasteiger partial charge on any atom is -0.331 e. The van der Waals surface area contributed by atoms with Crippen molar-refractivity contribution in [1.29, 1.82) is 0 Å². The van der Waals surface area contributed by atoms with Crippen LogP contribution in [-0.2, 0) is 20.6 Å². The Morgan fingerprint density at radius 2 is 1.20 bits per heavy atom. The van der Waals surface area contributed by atoms with E-state index in [0.29, 0.717) is 0 Å². The summed E-state index contributed by atoms with van der Waals surface area (Å²) in [4.78, 5) is 0. The number of hydrogen-bond acceptors (Lipinski definition) is 3. The number of unbranched alkanes of at least 4 members (excludes halogenated alkanes) is 6. The van der Waals surface area contributed by atoms with Gasteiger partial charge in [-0.15, -0.1) is 0 Å². The molecule has 3 aromatic rings. The first-order valence-electron chi connectivity index (χ1n) is 11.3. The largest absolute Gasteiger partial charge is 0.331 e. The summed E-state index contributed by atoms with van der Waals surface area (Å²) < 4.78 is 16.0. The van der Waals surface area contributed by atoms with Gasteiger partial charge in [-0.05, 0) is 46.4 Å². The van der Waals surface area contributed by atoms with E-state index in [2.05, 4.69) is 54.6 Å². The predicted octanol–water partition coefficient (Wildman–Crippen LogP) is 7.25. The van der Waals surface area contributed by atoms with Gasteiger partial charge in [0.15, 0.2) is 0 Å². The summed E-state index contributed by atoms with van der Waals surface area (Å²) >= 11 is 0. The monoisotopic (exact) mass is 408 g/mol. The zero-order valence-electron chi connectivity index (χ0n) is 18.8. The Bertz CT molecular complexity index is 906. The molecule has 30 heavy (non-hydrogen) atoms. The molecule has 0 aliphatic heterocycles. The molecule has 0 spiro atoms. The molecule has 0 fully saturated rings. The molecule has 3 aromatic carbocycles. The van der Waals surface area contributed by atoms with E-state index >= 15 is 0 Å². The van der Waals surface area contributed by atoms with Crippen molar-refractivity contribution in [1.82, 2.24) is 0 Å². The number of methoxy groups -OCH3 is 3. The van der Waals surface area contributed by atoms with Crippen LogP contribution >= 0.6 is 0 Å². The molecule has 0 radical (unpaired) electrons. The van der Waals surface area contributed by atoms with Crippen LogP contribution in [-0.4, -0.2) is 27.3 Å². The Labute approximate surface area is 181 Å². The molecular weight excluding hydrogens is 372 g/mol. The van der Waals surface area contributed by atoms with Gasteiger partial charge in [0.05, 0.1) is 0 Å². The van der Waals surface area contributed by atoms with E-state index in [1.54, 1.807) is 21.3 Å². The second-order valence-electron chi connectivity index (χ2n) is 8.11. The van der Waals surface area contributed by atoms with E-state index in [-0.39, 0.29) is 0 Å². The maximum absolute atomic E-state index is 5.34. The molecule has 0 aromatic heterocycles. The molecule has 162 valence electrons. The fourth-order valence-corrected chi connectivity index (χ4v) is 4.33. The van der Waals surface area contributed by atoms with Gasteiger partial charge in [0.1, 0.15) is 0 Å². The molecular formula is C27H36O3. The van der Waals surface area contributed by atoms with Gasteiger partial charge in [0, 0.05) is 27.8 Å². The van der Waals surface area contributed by atoms with Crippen molar-refractivity contribution >= 4 is 21.5 Å². The Balaban J connectivity index is 1.35. The van der Waals surface area contributed by atoms with Crippen molar-refractivity contribution in [3.63, 3.8) is 0 Å². The van der Waals surface area contributed by atoms with Crippen molar-refractivity contribution in [2.24, 2.45) is 0 Å². The first-order chi connectivity index (χ1) is 14.7. The van der Waals surface area contributed by atoms with Crippen LogP contribution in [0.2, 0.25) is 0 Å². The summed E-state index contributed by atoms with van der Waals surface area (Å²) in [5.74, 6) is -0.869. The Morgan fingerprint density at radius 1 is 0.600 bits per heavy atom. The van der Waals surface area contributed by atoms with Crippen molar-refractivity contribution in [2.45, 2.75) is 63.8 Å². The van der Waals surface area contributed by atoms with Gasteiger partial charge in [0.2, 0.25) is 0 Å². The Kier molecular flexibility index (Phi) is 8.68. The molecule has 0 unspecified atom stereocenters. The number of rotatable bonds is 13. The number of hydrogen-bond donors (Lipinski definition) is 0. The van der Waals surface area contributed by atoms with Gasteiger partial charge in [-0.2, -0.15) is 0 Å². The summed E-state index contributed by atoms with van der Waals surface area (Å²) in [6, 6.07) is 20.1. The van der Waals surface area contributed by atoms with Crippen molar-refractivity contribution < 1.29 is 14.2 Å². The number of aryl methyl sites for hydroxylation is 1. The summed E-state index contributed by atoms with van der Waals surface area (Å²) in [5, 5.41) is 5.37. The van der Waals surface area contributed by atoms with Crippen LogP contribution < -0.4 is 0 Å². The van der Waals surface area contributed by atoms with Crippen LogP contribution in [0.4, 0.5) is 0 Å². The summed E-state index contributed by atoms with van der Waals surface area (Å²) in [6.45, 7) is 0. The minimum absolute atomic E-state index is 0.772. The molecule has 0 bridgehead atoms. The summed E-state index contributed by atoms with van der Waals surface area (Å²) in [7, 11) is 4.89. The van der Waals surface area contributed by atoms with Crippen LogP contribution in [0.1, 0.15) is 56.9 Å². The summed E-state index contributed by atoms with van der Waals surface area (Å²) in [5.41, 5.74) is 1.45. The highest BCUT2D eigenvalue weighted by molar-refractivity contribution is 6.07. The number of fused-ring (bicyclic) bond motifs is 3. The van der Waals surface area contributed by atoms with E-state index in [1.807, 2.05) is 0 Å². The lowest BCUT2D eigenvalue weighted by atomic mass is 9.98. The lowest BCUT2D eigenvalue weighted by Gasteiger charge is -2.28. The first-order valence-corrected chi connectivity index (χ1v) is 11.3. The van der Waals surface area contributed by atoms with E-state index in [0.717, 1.165) is 12.8 Å². The van der Waals surface area contributed by atoms with Crippen LogP contribution in [0.3, 0.4) is 0 Å². The third-order valence-corrected chi connectivity index (χ3v) is 6.19. The maximum atomic E-state index is 5.34. The average Bonchev–Trinajstić information content (AvgIpc) is 2.80. The SMILES string of the molecule is COC(CCCCCCCCCc1ccc2c(ccc3ccccc32)c1)(OC)OC. The molecule has 0 aliphatic rings. The lowest BCUT2D eigenvalue weighted by Crippen LogP contribution is -2.35. The Hall–Kier alpha value is -1.94. The molecule has 0 N–H and O–H groups in total. The molecule has 3 heteroatoms. The van der Waals surface area contributed by atoms with Crippen LogP contribution in [0.5, 0.6) is 0 Å². The average molecular weight is 409 g/mol. The Morgan fingerprint density at radius 3 is 1.93 bits per heavy atom. The third-order valence-electron chi connectivity index (χ3n) is 6.19. The van der Waals surface area contributed by atoms with Gasteiger partial charge >= 0.3 is 0 Å². The predicted molar refractivity (Wildman–Crippen MR) is 126 cm³/mol. The van der Waals surface area contributed by atoms with E-state index in [1.165, 1.54) is 72.1 Å². The van der Waals surface area contributed by atoms with Crippen molar-refractivity contribution in [3.8, 4) is 0 Å². The molecule has 3 rings (SSSR count). The van der Waals surface area contributed by atoms with E-state index < -0.39 is 5.97 Å². The highest BCUT2D eigenvalue weighted by Gasteiger charge is 2.28. The van der Waals surface area contributed by atoms with Crippen molar-refractivity contribution in [3.05, 3.63) is 60.2 Å². The van der Waals surface area contributed by atoms with Gasteiger partial charge < -0.3 is 14.2 Å². The topological polar surface area (TPSA) is 27.7 Å².